The summed E-state index contributed by atoms with van der Waals surface area (Å²) in [5, 5.41) is 15.8. The fourth-order valence-electron chi connectivity index (χ4n) is 2.06. The smallest absolute Gasteiger partial charge is 0.331 e. The van der Waals surface area contributed by atoms with Crippen LogP contribution < -0.4 is 5.32 Å². The van der Waals surface area contributed by atoms with Crippen molar-refractivity contribution in [3.8, 4) is 0 Å². The zero-order valence-electron chi connectivity index (χ0n) is 12.1. The summed E-state index contributed by atoms with van der Waals surface area (Å²) in [4.78, 5) is 25.2. The zero-order valence-corrected chi connectivity index (χ0v) is 12.9. The average molecular weight is 307 g/mol. The summed E-state index contributed by atoms with van der Waals surface area (Å²) in [5.74, 6) is -1.49. The fraction of sp³-hybridized carbons (Fsp3) is 0.357. The number of nitrogens with zero attached hydrogens (tertiary/aromatic N) is 2. The number of carbonyl (C=O) groups is 2. The van der Waals surface area contributed by atoms with E-state index < -0.39 is 12.0 Å². The van der Waals surface area contributed by atoms with Gasteiger partial charge in [0, 0.05) is 23.7 Å². The molecule has 0 aliphatic heterocycles. The Balaban J connectivity index is 2.20. The van der Waals surface area contributed by atoms with Gasteiger partial charge in [0.15, 0.2) is 6.04 Å². The third kappa shape index (κ3) is 3.30. The summed E-state index contributed by atoms with van der Waals surface area (Å²) in [6, 6.07) is 0.694. The highest BCUT2D eigenvalue weighted by Crippen LogP contribution is 2.23. The number of amides is 1. The molecule has 2 heterocycles. The average Bonchev–Trinajstić information content (AvgIpc) is 3.01. The highest BCUT2D eigenvalue weighted by Gasteiger charge is 2.25. The lowest BCUT2D eigenvalue weighted by molar-refractivity contribution is -0.139. The van der Waals surface area contributed by atoms with E-state index in [2.05, 4.69) is 10.4 Å². The number of aromatic nitrogens is 2. The molecule has 0 saturated carbocycles. The van der Waals surface area contributed by atoms with Crippen molar-refractivity contribution in [3.05, 3.63) is 39.3 Å². The van der Waals surface area contributed by atoms with E-state index in [4.69, 9.17) is 0 Å². The first-order valence-corrected chi connectivity index (χ1v) is 7.35. The largest absolute Gasteiger partial charge is 0.479 e. The Kier molecular flexibility index (Phi) is 4.42. The van der Waals surface area contributed by atoms with Gasteiger partial charge in [0.25, 0.3) is 5.91 Å². The van der Waals surface area contributed by atoms with Crippen LogP contribution >= 0.6 is 11.3 Å². The van der Waals surface area contributed by atoms with E-state index in [0.29, 0.717) is 10.4 Å². The van der Waals surface area contributed by atoms with Gasteiger partial charge in [-0.2, -0.15) is 5.10 Å². The second-order valence-corrected chi connectivity index (χ2v) is 5.90. The van der Waals surface area contributed by atoms with Crippen LogP contribution in [0.3, 0.4) is 0 Å². The Morgan fingerprint density at radius 2 is 2.24 bits per heavy atom. The molecular weight excluding hydrogens is 290 g/mol. The molecule has 1 atom stereocenters. The summed E-state index contributed by atoms with van der Waals surface area (Å²) < 4.78 is 1.50. The summed E-state index contributed by atoms with van der Waals surface area (Å²) in [7, 11) is 1.69. The predicted octanol–water partition coefficient (Wildman–Crippen LogP) is 1.91. The van der Waals surface area contributed by atoms with Gasteiger partial charge in [-0.25, -0.2) is 4.79 Å². The number of hydrogen-bond donors (Lipinski definition) is 2. The van der Waals surface area contributed by atoms with Crippen molar-refractivity contribution in [2.24, 2.45) is 7.05 Å². The molecule has 0 fully saturated rings. The van der Waals surface area contributed by atoms with E-state index in [0.717, 1.165) is 16.9 Å². The van der Waals surface area contributed by atoms with Crippen molar-refractivity contribution in [3.63, 3.8) is 0 Å². The minimum atomic E-state index is -1.11. The lowest BCUT2D eigenvalue weighted by Crippen LogP contribution is -2.33. The number of carboxylic acid groups (broad SMARTS) is 1. The monoisotopic (exact) mass is 307 g/mol. The fourth-order valence-corrected chi connectivity index (χ4v) is 3.08. The van der Waals surface area contributed by atoms with Crippen LogP contribution in [-0.4, -0.2) is 26.8 Å². The van der Waals surface area contributed by atoms with Crippen molar-refractivity contribution in [1.82, 2.24) is 15.1 Å². The molecule has 112 valence electrons. The molecule has 2 aromatic heterocycles. The Morgan fingerprint density at radius 1 is 1.52 bits per heavy atom. The van der Waals surface area contributed by atoms with E-state index in [1.165, 1.54) is 22.2 Å². The van der Waals surface area contributed by atoms with Crippen LogP contribution in [0.15, 0.2) is 18.5 Å². The van der Waals surface area contributed by atoms with Crippen LogP contribution in [0.4, 0.5) is 0 Å². The van der Waals surface area contributed by atoms with Gasteiger partial charge in [0.05, 0.1) is 11.1 Å². The highest BCUT2D eigenvalue weighted by atomic mass is 32.1. The van der Waals surface area contributed by atoms with Gasteiger partial charge in [0.1, 0.15) is 0 Å². The SMILES string of the molecule is CCc1sc(C(=O)NC(C(=O)O)c2cnn(C)c2)cc1C. The lowest BCUT2D eigenvalue weighted by Gasteiger charge is -2.11. The molecule has 0 saturated heterocycles. The maximum atomic E-state index is 12.2. The van der Waals surface area contributed by atoms with Gasteiger partial charge >= 0.3 is 5.97 Å². The molecule has 0 radical (unpaired) electrons. The van der Waals surface area contributed by atoms with E-state index in [9.17, 15) is 14.7 Å². The van der Waals surface area contributed by atoms with Crippen LogP contribution in [0.5, 0.6) is 0 Å². The molecule has 2 N–H and O–H groups in total. The lowest BCUT2D eigenvalue weighted by atomic mass is 10.1. The maximum Gasteiger partial charge on any atom is 0.331 e. The number of carbonyl (C=O) groups excluding carboxylic acids is 1. The van der Waals surface area contributed by atoms with Crippen molar-refractivity contribution in [2.75, 3.05) is 0 Å². The summed E-state index contributed by atoms with van der Waals surface area (Å²) in [6.45, 7) is 3.97. The van der Waals surface area contributed by atoms with Crippen molar-refractivity contribution in [1.29, 1.82) is 0 Å². The molecule has 0 aliphatic carbocycles. The Bertz CT molecular complexity index is 675. The quantitative estimate of drug-likeness (QED) is 0.883. The van der Waals surface area contributed by atoms with Gasteiger partial charge in [-0.1, -0.05) is 6.92 Å². The molecule has 2 rings (SSSR count). The van der Waals surface area contributed by atoms with Gasteiger partial charge in [-0.3, -0.25) is 9.48 Å². The standard InChI is InChI=1S/C14H17N3O3S/c1-4-10-8(2)5-11(21-10)13(18)16-12(14(19)20)9-6-15-17(3)7-9/h5-7,12H,4H2,1-3H3,(H,16,18)(H,19,20). The van der Waals surface area contributed by atoms with Crippen LogP contribution in [0, 0.1) is 6.92 Å². The highest BCUT2D eigenvalue weighted by molar-refractivity contribution is 7.14. The summed E-state index contributed by atoms with van der Waals surface area (Å²) in [5.41, 5.74) is 1.50. The number of aryl methyl sites for hydroxylation is 3. The molecule has 0 aromatic carbocycles. The number of aliphatic carboxylic acids is 1. The molecule has 2 aromatic rings. The Hall–Kier alpha value is -2.15. The predicted molar refractivity (Wildman–Crippen MR) is 79.5 cm³/mol. The van der Waals surface area contributed by atoms with Crippen LogP contribution in [0.2, 0.25) is 0 Å². The first kappa shape index (κ1) is 15.2. The summed E-state index contributed by atoms with van der Waals surface area (Å²) in [6.07, 6.45) is 3.88. The van der Waals surface area contributed by atoms with Crippen molar-refractivity contribution in [2.45, 2.75) is 26.3 Å². The third-order valence-corrected chi connectivity index (χ3v) is 4.53. The first-order valence-electron chi connectivity index (χ1n) is 6.54. The normalized spacial score (nSPS) is 12.1. The zero-order chi connectivity index (χ0) is 15.6. The second kappa shape index (κ2) is 6.09. The minimum Gasteiger partial charge on any atom is -0.479 e. The van der Waals surface area contributed by atoms with Gasteiger partial charge in [-0.05, 0) is 25.0 Å². The summed E-state index contributed by atoms with van der Waals surface area (Å²) >= 11 is 1.40. The Labute approximate surface area is 126 Å². The molecule has 7 heteroatoms. The maximum absolute atomic E-state index is 12.2. The van der Waals surface area contributed by atoms with Crippen LogP contribution in [0.1, 0.15) is 38.6 Å². The second-order valence-electron chi connectivity index (χ2n) is 4.76. The van der Waals surface area contributed by atoms with E-state index in [1.807, 2.05) is 13.8 Å². The van der Waals surface area contributed by atoms with Gasteiger partial charge < -0.3 is 10.4 Å². The number of thiophene rings is 1. The minimum absolute atomic E-state index is 0.376. The number of rotatable bonds is 5. The molecule has 1 unspecified atom stereocenters. The van der Waals surface area contributed by atoms with E-state index >= 15 is 0 Å². The third-order valence-electron chi connectivity index (χ3n) is 3.15. The molecule has 6 nitrogen and oxygen atoms in total. The Morgan fingerprint density at radius 3 is 2.71 bits per heavy atom. The molecule has 21 heavy (non-hydrogen) atoms. The number of hydrogen-bond acceptors (Lipinski definition) is 4. The topological polar surface area (TPSA) is 84.2 Å². The number of carboxylic acids is 1. The number of nitrogens with one attached hydrogen (secondary N) is 1. The molecule has 0 bridgehead atoms. The van der Waals surface area contributed by atoms with Gasteiger partial charge in [-0.15, -0.1) is 11.3 Å². The van der Waals surface area contributed by atoms with Crippen molar-refractivity contribution < 1.29 is 14.7 Å². The van der Waals surface area contributed by atoms with E-state index in [1.54, 1.807) is 19.3 Å². The first-order chi connectivity index (χ1) is 9.92. The molecule has 0 aliphatic rings. The molecule has 0 spiro atoms. The van der Waals surface area contributed by atoms with Crippen molar-refractivity contribution >= 4 is 23.2 Å². The van der Waals surface area contributed by atoms with Crippen LogP contribution in [0.25, 0.3) is 0 Å². The molecular formula is C14H17N3O3S. The van der Waals surface area contributed by atoms with Crippen LogP contribution in [-0.2, 0) is 18.3 Å². The van der Waals surface area contributed by atoms with E-state index in [-0.39, 0.29) is 5.91 Å². The molecule has 1 amide bonds. The van der Waals surface area contributed by atoms with Gasteiger partial charge in [0.2, 0.25) is 0 Å².